The molecule has 0 saturated heterocycles. The molecule has 0 spiro atoms. The van der Waals surface area contributed by atoms with Crippen LogP contribution in [0.3, 0.4) is 0 Å². The van der Waals surface area contributed by atoms with Crippen LogP contribution in [0.15, 0.2) is 30.3 Å². The Morgan fingerprint density at radius 3 is 2.41 bits per heavy atom. The van der Waals surface area contributed by atoms with Gasteiger partial charge >= 0.3 is 5.97 Å². The number of carbonyl (C=O) groups excluding carboxylic acids is 2. The van der Waals surface area contributed by atoms with Crippen LogP contribution in [0.4, 0.5) is 0 Å². The Kier molecular flexibility index (Phi) is 5.08. The van der Waals surface area contributed by atoms with Crippen molar-refractivity contribution in [2.45, 2.75) is 56.3 Å². The van der Waals surface area contributed by atoms with Gasteiger partial charge in [-0.15, -0.1) is 0 Å². The van der Waals surface area contributed by atoms with E-state index in [1.165, 1.54) is 19.3 Å². The summed E-state index contributed by atoms with van der Waals surface area (Å²) in [6, 6.07) is 9.92. The first kappa shape index (κ1) is 19.0. The van der Waals surface area contributed by atoms with Gasteiger partial charge < -0.3 is 9.64 Å². The molecule has 4 aliphatic carbocycles. The number of benzene rings is 1. The lowest BCUT2D eigenvalue weighted by Crippen LogP contribution is -2.56. The molecule has 2 atom stereocenters. The number of rotatable bonds is 6. The summed E-state index contributed by atoms with van der Waals surface area (Å²) in [6.07, 6.45) is 6.34. The number of hydrogen-bond acceptors (Lipinski definition) is 3. The molecule has 5 rings (SSSR count). The molecule has 0 heterocycles. The monoisotopic (exact) mass is 433 g/mol. The third-order valence-corrected chi connectivity index (χ3v) is 7.63. The lowest BCUT2D eigenvalue weighted by atomic mass is 9.49. The van der Waals surface area contributed by atoms with Gasteiger partial charge in [0.05, 0.1) is 5.41 Å². The average molecular weight is 434 g/mol. The molecule has 0 radical (unpaired) electrons. The number of esters is 1. The highest BCUT2D eigenvalue weighted by Crippen LogP contribution is 2.64. The maximum atomic E-state index is 13.0. The average Bonchev–Trinajstić information content (AvgIpc) is 2.62. The quantitative estimate of drug-likeness (QED) is 0.495. The topological polar surface area (TPSA) is 46.6 Å². The molecule has 1 aromatic rings. The standard InChI is InChI=1S/C22H28BrNO3/c1-2-24(13-16-6-4-3-5-7-16)19(25)14-27-20(26)21-9-17-8-18(10-21)12-22(23,11-17)15-21/h3-7,17-18H,2,8-15H2,1H3/t17-,18-,21?,22?/m1/s1. The normalized spacial score (nSPS) is 33.7. The largest absolute Gasteiger partial charge is 0.455 e. The van der Waals surface area contributed by atoms with Crippen LogP contribution in [0.2, 0.25) is 0 Å². The number of nitrogens with zero attached hydrogens (tertiary/aromatic N) is 1. The molecule has 5 heteroatoms. The predicted octanol–water partition coefficient (Wildman–Crippen LogP) is 4.31. The zero-order valence-electron chi connectivity index (χ0n) is 16.0. The van der Waals surface area contributed by atoms with Gasteiger partial charge in [-0.2, -0.15) is 0 Å². The maximum Gasteiger partial charge on any atom is 0.312 e. The first-order valence-electron chi connectivity index (χ1n) is 10.1. The van der Waals surface area contributed by atoms with E-state index in [-0.39, 0.29) is 28.2 Å². The van der Waals surface area contributed by atoms with Gasteiger partial charge in [-0.05, 0) is 62.8 Å². The molecule has 4 aliphatic rings. The maximum absolute atomic E-state index is 13.0. The van der Waals surface area contributed by atoms with Gasteiger partial charge in [0, 0.05) is 17.4 Å². The molecule has 0 aromatic heterocycles. The van der Waals surface area contributed by atoms with E-state index in [2.05, 4.69) is 15.9 Å². The fourth-order valence-corrected chi connectivity index (χ4v) is 7.39. The highest BCUT2D eigenvalue weighted by Gasteiger charge is 2.60. The van der Waals surface area contributed by atoms with Gasteiger partial charge in [0.2, 0.25) is 0 Å². The van der Waals surface area contributed by atoms with Crippen molar-refractivity contribution in [2.24, 2.45) is 17.3 Å². The number of hydrogen-bond donors (Lipinski definition) is 0. The molecule has 4 bridgehead atoms. The zero-order valence-corrected chi connectivity index (χ0v) is 17.5. The Hall–Kier alpha value is -1.36. The van der Waals surface area contributed by atoms with Crippen molar-refractivity contribution in [1.82, 2.24) is 4.90 Å². The summed E-state index contributed by atoms with van der Waals surface area (Å²) in [7, 11) is 0. The Bertz CT molecular complexity index is 706. The van der Waals surface area contributed by atoms with E-state index in [0.29, 0.717) is 24.9 Å². The Labute approximate surface area is 169 Å². The number of likely N-dealkylation sites (N-methyl/N-ethyl adjacent to an activating group) is 1. The first-order chi connectivity index (χ1) is 12.9. The minimum Gasteiger partial charge on any atom is -0.455 e. The second kappa shape index (κ2) is 7.23. The molecular formula is C22H28BrNO3. The van der Waals surface area contributed by atoms with Crippen LogP contribution >= 0.6 is 15.9 Å². The SMILES string of the molecule is CCN(Cc1ccccc1)C(=O)COC(=O)C12C[C@H]3C[C@@H](CC(Br)(C3)C1)C2. The van der Waals surface area contributed by atoms with Crippen molar-refractivity contribution in [3.63, 3.8) is 0 Å². The van der Waals surface area contributed by atoms with E-state index in [1.54, 1.807) is 4.90 Å². The lowest BCUT2D eigenvalue weighted by Gasteiger charge is -2.58. The number of amides is 1. The Morgan fingerprint density at radius 2 is 1.81 bits per heavy atom. The third kappa shape index (κ3) is 3.80. The fourth-order valence-electron chi connectivity index (χ4n) is 5.94. The Balaban J connectivity index is 1.36. The molecule has 4 fully saturated rings. The van der Waals surface area contributed by atoms with Crippen molar-refractivity contribution in [3.8, 4) is 0 Å². The summed E-state index contributed by atoms with van der Waals surface area (Å²) in [6.45, 7) is 2.96. The van der Waals surface area contributed by atoms with Crippen LogP contribution in [0.1, 0.15) is 51.0 Å². The van der Waals surface area contributed by atoms with E-state index >= 15 is 0 Å². The summed E-state index contributed by atoms with van der Waals surface area (Å²) in [5.41, 5.74) is 0.714. The zero-order chi connectivity index (χ0) is 19.1. The minimum atomic E-state index is -0.371. The molecular weight excluding hydrogens is 406 g/mol. The van der Waals surface area contributed by atoms with E-state index < -0.39 is 0 Å². The molecule has 1 amide bonds. The van der Waals surface area contributed by atoms with Crippen molar-refractivity contribution >= 4 is 27.8 Å². The van der Waals surface area contributed by atoms with Crippen molar-refractivity contribution in [1.29, 1.82) is 0 Å². The van der Waals surface area contributed by atoms with Crippen molar-refractivity contribution in [3.05, 3.63) is 35.9 Å². The van der Waals surface area contributed by atoms with Crippen LogP contribution < -0.4 is 0 Å². The summed E-state index contributed by atoms with van der Waals surface area (Å²) >= 11 is 3.93. The fraction of sp³-hybridized carbons (Fsp3) is 0.636. The minimum absolute atomic E-state index is 0.114. The van der Waals surface area contributed by atoms with Gasteiger partial charge in [-0.1, -0.05) is 46.3 Å². The van der Waals surface area contributed by atoms with Crippen LogP contribution in [0.5, 0.6) is 0 Å². The summed E-state index contributed by atoms with van der Waals surface area (Å²) in [4.78, 5) is 27.4. The lowest BCUT2D eigenvalue weighted by molar-refractivity contribution is -0.172. The summed E-state index contributed by atoms with van der Waals surface area (Å²) in [5, 5.41) is 0. The molecule has 1 aromatic carbocycles. The smallest absolute Gasteiger partial charge is 0.312 e. The number of ether oxygens (including phenoxy) is 1. The van der Waals surface area contributed by atoms with Crippen molar-refractivity contribution in [2.75, 3.05) is 13.2 Å². The van der Waals surface area contributed by atoms with Gasteiger partial charge in [0.1, 0.15) is 0 Å². The second-order valence-electron chi connectivity index (χ2n) is 8.86. The van der Waals surface area contributed by atoms with Gasteiger partial charge in [0.25, 0.3) is 5.91 Å². The van der Waals surface area contributed by atoms with E-state index in [4.69, 9.17) is 4.74 Å². The number of carbonyl (C=O) groups is 2. The van der Waals surface area contributed by atoms with Crippen LogP contribution in [-0.4, -0.2) is 34.3 Å². The number of halogens is 1. The van der Waals surface area contributed by atoms with Crippen LogP contribution in [0.25, 0.3) is 0 Å². The van der Waals surface area contributed by atoms with Gasteiger partial charge in [0.15, 0.2) is 6.61 Å². The molecule has 146 valence electrons. The molecule has 0 unspecified atom stereocenters. The molecule has 0 aliphatic heterocycles. The molecule has 0 N–H and O–H groups in total. The first-order valence-corrected chi connectivity index (χ1v) is 10.9. The summed E-state index contributed by atoms with van der Waals surface area (Å²) in [5.74, 6) is 0.982. The van der Waals surface area contributed by atoms with Crippen LogP contribution in [-0.2, 0) is 20.9 Å². The highest BCUT2D eigenvalue weighted by atomic mass is 79.9. The van der Waals surface area contributed by atoms with E-state index in [0.717, 1.165) is 24.8 Å². The van der Waals surface area contributed by atoms with Crippen LogP contribution in [0, 0.1) is 17.3 Å². The van der Waals surface area contributed by atoms with Gasteiger partial charge in [-0.3, -0.25) is 9.59 Å². The van der Waals surface area contributed by atoms with E-state index in [1.807, 2.05) is 37.3 Å². The van der Waals surface area contributed by atoms with Crippen molar-refractivity contribution < 1.29 is 14.3 Å². The highest BCUT2D eigenvalue weighted by molar-refractivity contribution is 9.10. The molecule has 4 nitrogen and oxygen atoms in total. The Morgan fingerprint density at radius 1 is 1.15 bits per heavy atom. The molecule has 4 saturated carbocycles. The van der Waals surface area contributed by atoms with Gasteiger partial charge in [-0.25, -0.2) is 0 Å². The molecule has 27 heavy (non-hydrogen) atoms. The summed E-state index contributed by atoms with van der Waals surface area (Å²) < 4.78 is 5.72. The predicted molar refractivity (Wildman–Crippen MR) is 107 cm³/mol. The third-order valence-electron chi connectivity index (χ3n) is 6.70. The van der Waals surface area contributed by atoms with E-state index in [9.17, 15) is 9.59 Å². The second-order valence-corrected chi connectivity index (χ2v) is 10.5. The number of alkyl halides is 1.